The van der Waals surface area contributed by atoms with Crippen LogP contribution in [0.3, 0.4) is 0 Å². The average Bonchev–Trinajstić information content (AvgIpc) is 2.28. The predicted molar refractivity (Wildman–Crippen MR) is 59.0 cm³/mol. The van der Waals surface area contributed by atoms with E-state index in [1.165, 1.54) is 17.0 Å². The van der Waals surface area contributed by atoms with Gasteiger partial charge in [-0.1, -0.05) is 6.07 Å². The summed E-state index contributed by atoms with van der Waals surface area (Å²) in [6.07, 6.45) is 1.48. The highest BCUT2D eigenvalue weighted by Gasteiger charge is 2.26. The zero-order chi connectivity index (χ0) is 12.4. The molecule has 0 aliphatic carbocycles. The summed E-state index contributed by atoms with van der Waals surface area (Å²) in [6, 6.07) is 2.88. The van der Waals surface area contributed by atoms with Gasteiger partial charge in [-0.05, 0) is 18.9 Å². The molecule has 1 fully saturated rings. The molecule has 1 saturated heterocycles. The Morgan fingerprint density at radius 3 is 2.88 bits per heavy atom. The fourth-order valence-corrected chi connectivity index (χ4v) is 1.98. The fraction of sp³-hybridized carbons (Fsp3) is 0.417. The molecule has 0 bridgehead atoms. The maximum atomic E-state index is 13.4. The SMILES string of the molecule is N[C@@H]1CCCN(Cc2ccc(F)cc2F)C1=O. The van der Waals surface area contributed by atoms with Crippen LogP contribution in [-0.2, 0) is 11.3 Å². The summed E-state index contributed by atoms with van der Waals surface area (Å²) in [7, 11) is 0. The zero-order valence-electron chi connectivity index (χ0n) is 9.33. The van der Waals surface area contributed by atoms with Crippen LogP contribution >= 0.6 is 0 Å². The van der Waals surface area contributed by atoms with Gasteiger partial charge in [-0.15, -0.1) is 0 Å². The molecule has 5 heteroatoms. The molecule has 0 spiro atoms. The number of nitrogens with zero attached hydrogens (tertiary/aromatic N) is 1. The van der Waals surface area contributed by atoms with Crippen molar-refractivity contribution in [1.82, 2.24) is 4.90 Å². The van der Waals surface area contributed by atoms with E-state index >= 15 is 0 Å². The van der Waals surface area contributed by atoms with Crippen molar-refractivity contribution in [1.29, 1.82) is 0 Å². The lowest BCUT2D eigenvalue weighted by molar-refractivity contribution is -0.135. The number of piperidine rings is 1. The van der Waals surface area contributed by atoms with Crippen molar-refractivity contribution >= 4 is 5.91 Å². The van der Waals surface area contributed by atoms with Gasteiger partial charge < -0.3 is 10.6 Å². The second-order valence-electron chi connectivity index (χ2n) is 4.24. The number of hydrogen-bond donors (Lipinski definition) is 1. The molecule has 17 heavy (non-hydrogen) atoms. The Morgan fingerprint density at radius 1 is 1.41 bits per heavy atom. The van der Waals surface area contributed by atoms with Crippen molar-refractivity contribution < 1.29 is 13.6 Å². The Kier molecular flexibility index (Phi) is 3.38. The first kappa shape index (κ1) is 12.0. The molecule has 0 aromatic heterocycles. The first-order valence-corrected chi connectivity index (χ1v) is 5.56. The molecule has 0 unspecified atom stereocenters. The highest BCUT2D eigenvalue weighted by atomic mass is 19.1. The lowest BCUT2D eigenvalue weighted by atomic mass is 10.0. The van der Waals surface area contributed by atoms with Crippen LogP contribution < -0.4 is 5.73 Å². The minimum atomic E-state index is -0.628. The third-order valence-corrected chi connectivity index (χ3v) is 2.95. The summed E-state index contributed by atoms with van der Waals surface area (Å²) in [5.41, 5.74) is 5.95. The molecule has 1 aliphatic heterocycles. The quantitative estimate of drug-likeness (QED) is 0.849. The number of likely N-dealkylation sites (tertiary alicyclic amines) is 1. The van der Waals surface area contributed by atoms with E-state index in [4.69, 9.17) is 5.73 Å². The Bertz CT molecular complexity index is 437. The van der Waals surface area contributed by atoms with Gasteiger partial charge >= 0.3 is 0 Å². The molecule has 92 valence electrons. The van der Waals surface area contributed by atoms with Crippen LogP contribution in [0.1, 0.15) is 18.4 Å². The van der Waals surface area contributed by atoms with Gasteiger partial charge in [0.15, 0.2) is 0 Å². The van der Waals surface area contributed by atoms with Gasteiger partial charge in [0.1, 0.15) is 11.6 Å². The Balaban J connectivity index is 2.12. The number of carbonyl (C=O) groups is 1. The number of hydrogen-bond acceptors (Lipinski definition) is 2. The van der Waals surface area contributed by atoms with Crippen LogP contribution in [0.5, 0.6) is 0 Å². The molecule has 1 atom stereocenters. The van der Waals surface area contributed by atoms with Gasteiger partial charge in [-0.25, -0.2) is 8.78 Å². The number of amides is 1. The summed E-state index contributed by atoms with van der Waals surface area (Å²) < 4.78 is 26.1. The summed E-state index contributed by atoms with van der Waals surface area (Å²) in [4.78, 5) is 13.2. The van der Waals surface area contributed by atoms with E-state index < -0.39 is 17.7 Å². The van der Waals surface area contributed by atoms with E-state index in [1.807, 2.05) is 0 Å². The zero-order valence-corrected chi connectivity index (χ0v) is 9.33. The monoisotopic (exact) mass is 240 g/mol. The molecular formula is C12H14F2N2O. The number of halogens is 2. The maximum absolute atomic E-state index is 13.4. The highest BCUT2D eigenvalue weighted by molar-refractivity contribution is 5.82. The van der Waals surface area contributed by atoms with Crippen LogP contribution in [0.2, 0.25) is 0 Å². The van der Waals surface area contributed by atoms with E-state index in [0.29, 0.717) is 18.5 Å². The molecule has 3 nitrogen and oxygen atoms in total. The van der Waals surface area contributed by atoms with E-state index in [-0.39, 0.29) is 12.5 Å². The lowest BCUT2D eigenvalue weighted by Crippen LogP contribution is -2.47. The summed E-state index contributed by atoms with van der Waals surface area (Å²) in [5.74, 6) is -1.41. The third kappa shape index (κ3) is 2.61. The molecule has 1 aromatic rings. The third-order valence-electron chi connectivity index (χ3n) is 2.95. The van der Waals surface area contributed by atoms with Crippen LogP contribution in [-0.4, -0.2) is 23.4 Å². The van der Waals surface area contributed by atoms with Gasteiger partial charge in [0.25, 0.3) is 0 Å². The van der Waals surface area contributed by atoms with Crippen LogP contribution in [0.4, 0.5) is 8.78 Å². The second kappa shape index (κ2) is 4.79. The van der Waals surface area contributed by atoms with Crippen molar-refractivity contribution in [2.24, 2.45) is 5.73 Å². The molecule has 0 radical (unpaired) electrons. The molecule has 1 amide bonds. The lowest BCUT2D eigenvalue weighted by Gasteiger charge is -2.30. The van der Waals surface area contributed by atoms with Crippen LogP contribution in [0, 0.1) is 11.6 Å². The van der Waals surface area contributed by atoms with Crippen molar-refractivity contribution in [3.8, 4) is 0 Å². The minimum Gasteiger partial charge on any atom is -0.337 e. The predicted octanol–water partition coefficient (Wildman–Crippen LogP) is 1.41. The minimum absolute atomic E-state index is 0.151. The number of nitrogens with two attached hydrogens (primary N) is 1. The van der Waals surface area contributed by atoms with Gasteiger partial charge in [0.2, 0.25) is 5.91 Å². The normalized spacial score (nSPS) is 20.8. The first-order valence-electron chi connectivity index (χ1n) is 5.56. The van der Waals surface area contributed by atoms with Gasteiger partial charge in [0, 0.05) is 24.7 Å². The van der Waals surface area contributed by atoms with Crippen molar-refractivity contribution in [3.63, 3.8) is 0 Å². The Morgan fingerprint density at radius 2 is 2.18 bits per heavy atom. The summed E-state index contributed by atoms with van der Waals surface area (Å²) in [5, 5.41) is 0. The molecule has 2 rings (SSSR count). The topological polar surface area (TPSA) is 46.3 Å². The molecular weight excluding hydrogens is 226 g/mol. The number of rotatable bonds is 2. The summed E-state index contributed by atoms with van der Waals surface area (Å²) >= 11 is 0. The second-order valence-corrected chi connectivity index (χ2v) is 4.24. The van der Waals surface area contributed by atoms with Crippen molar-refractivity contribution in [3.05, 3.63) is 35.4 Å². The van der Waals surface area contributed by atoms with Gasteiger partial charge in [0.05, 0.1) is 6.04 Å². The molecule has 1 aromatic carbocycles. The number of benzene rings is 1. The molecule has 1 heterocycles. The van der Waals surface area contributed by atoms with Crippen molar-refractivity contribution in [2.75, 3.05) is 6.54 Å². The molecule has 2 N–H and O–H groups in total. The smallest absolute Gasteiger partial charge is 0.239 e. The van der Waals surface area contributed by atoms with E-state index in [0.717, 1.165) is 12.5 Å². The van der Waals surface area contributed by atoms with Crippen LogP contribution in [0.25, 0.3) is 0 Å². The highest BCUT2D eigenvalue weighted by Crippen LogP contribution is 2.16. The van der Waals surface area contributed by atoms with E-state index in [2.05, 4.69) is 0 Å². The molecule has 0 saturated carbocycles. The molecule has 1 aliphatic rings. The Hall–Kier alpha value is -1.49. The van der Waals surface area contributed by atoms with E-state index in [1.54, 1.807) is 0 Å². The van der Waals surface area contributed by atoms with Crippen molar-refractivity contribution in [2.45, 2.75) is 25.4 Å². The largest absolute Gasteiger partial charge is 0.337 e. The fourth-order valence-electron chi connectivity index (χ4n) is 1.98. The summed E-state index contributed by atoms with van der Waals surface area (Å²) in [6.45, 7) is 0.724. The van der Waals surface area contributed by atoms with E-state index in [9.17, 15) is 13.6 Å². The maximum Gasteiger partial charge on any atom is 0.239 e. The Labute approximate surface area is 98.2 Å². The van der Waals surface area contributed by atoms with Gasteiger partial charge in [-0.3, -0.25) is 4.79 Å². The van der Waals surface area contributed by atoms with Crippen LogP contribution in [0.15, 0.2) is 18.2 Å². The standard InChI is InChI=1S/C12H14F2N2O/c13-9-4-3-8(10(14)6-9)7-16-5-1-2-11(15)12(16)17/h3-4,6,11H,1-2,5,7,15H2/t11-/m1/s1. The first-order chi connectivity index (χ1) is 8.08. The average molecular weight is 240 g/mol. The number of carbonyl (C=O) groups excluding carboxylic acids is 1. The van der Waals surface area contributed by atoms with Gasteiger partial charge in [-0.2, -0.15) is 0 Å².